The van der Waals surface area contributed by atoms with Gasteiger partial charge in [-0.15, -0.1) is 0 Å². The van der Waals surface area contributed by atoms with Crippen LogP contribution in [0, 0.1) is 0 Å². The maximum Gasteiger partial charge on any atom is 0.259 e. The van der Waals surface area contributed by atoms with Crippen molar-refractivity contribution in [3.05, 3.63) is 131 Å². The summed E-state index contributed by atoms with van der Waals surface area (Å²) in [7, 11) is 1.65. The molecule has 0 spiro atoms. The average Bonchev–Trinajstić information content (AvgIpc) is 3.20. The average molecular weight is 572 g/mol. The number of carbonyl (C=O) groups is 2. The number of nitrogens with one attached hydrogen (secondary N) is 1. The van der Waals surface area contributed by atoms with Gasteiger partial charge < -0.3 is 15.0 Å². The summed E-state index contributed by atoms with van der Waals surface area (Å²) in [6.45, 7) is 6.08. The Balaban J connectivity index is 1.52. The molecule has 6 heteroatoms. The number of methoxy groups -OCH3 is 1. The normalized spacial score (nSPS) is 17.8. The number of Topliss-reactive ketones (excluding diaryl/α,β-unsaturated/α-hetero) is 1. The summed E-state index contributed by atoms with van der Waals surface area (Å²) in [6.07, 6.45) is 1.02. The first-order valence-corrected chi connectivity index (χ1v) is 15.0. The zero-order chi connectivity index (χ0) is 29.9. The lowest BCUT2D eigenvalue weighted by molar-refractivity contribution is -0.116. The van der Waals surface area contributed by atoms with Crippen molar-refractivity contribution in [3.8, 4) is 5.75 Å². The highest BCUT2D eigenvalue weighted by atomic mass is 16.5. The maximum absolute atomic E-state index is 14.4. The Morgan fingerprint density at radius 2 is 1.49 bits per heavy atom. The predicted octanol–water partition coefficient (Wildman–Crippen LogP) is 7.76. The third-order valence-electron chi connectivity index (χ3n) is 8.65. The largest absolute Gasteiger partial charge is 0.497 e. The quantitative estimate of drug-likeness (QED) is 0.246. The van der Waals surface area contributed by atoms with Crippen LogP contribution in [-0.2, 0) is 4.79 Å². The minimum absolute atomic E-state index is 0.0129. The van der Waals surface area contributed by atoms with Crippen LogP contribution in [0.5, 0.6) is 5.75 Å². The molecule has 0 fully saturated rings. The Hall–Kier alpha value is -4.84. The lowest BCUT2D eigenvalue weighted by atomic mass is 9.78. The number of ether oxygens (including phenoxy) is 1. The molecular formula is C37H37N3O3. The molecule has 1 N–H and O–H groups in total. The van der Waals surface area contributed by atoms with Gasteiger partial charge in [0.15, 0.2) is 5.78 Å². The number of ketones is 1. The molecule has 0 radical (unpaired) electrons. The second kappa shape index (κ2) is 12.2. The van der Waals surface area contributed by atoms with Gasteiger partial charge in [0.1, 0.15) is 5.75 Å². The summed E-state index contributed by atoms with van der Waals surface area (Å²) in [6, 6.07) is 32.9. The third-order valence-corrected chi connectivity index (χ3v) is 8.65. The Kier molecular flexibility index (Phi) is 8.01. The molecule has 6 nitrogen and oxygen atoms in total. The van der Waals surface area contributed by atoms with Gasteiger partial charge in [-0.3, -0.25) is 14.5 Å². The molecule has 43 heavy (non-hydrogen) atoms. The molecule has 1 aliphatic carbocycles. The van der Waals surface area contributed by atoms with E-state index in [1.165, 1.54) is 0 Å². The first-order valence-electron chi connectivity index (χ1n) is 15.0. The summed E-state index contributed by atoms with van der Waals surface area (Å²) >= 11 is 0. The number of amides is 1. The van der Waals surface area contributed by atoms with E-state index >= 15 is 0 Å². The molecule has 1 amide bonds. The molecule has 2 atom stereocenters. The van der Waals surface area contributed by atoms with Crippen LogP contribution in [-0.4, -0.2) is 31.9 Å². The van der Waals surface area contributed by atoms with Crippen molar-refractivity contribution >= 4 is 28.8 Å². The summed E-state index contributed by atoms with van der Waals surface area (Å²) in [4.78, 5) is 32.9. The van der Waals surface area contributed by atoms with E-state index in [0.717, 1.165) is 52.7 Å². The van der Waals surface area contributed by atoms with Gasteiger partial charge in [-0.1, -0.05) is 54.6 Å². The van der Waals surface area contributed by atoms with Crippen LogP contribution in [0.3, 0.4) is 0 Å². The molecule has 218 valence electrons. The van der Waals surface area contributed by atoms with Gasteiger partial charge in [-0.05, 0) is 85.8 Å². The molecular weight excluding hydrogens is 534 g/mol. The zero-order valence-corrected chi connectivity index (χ0v) is 24.9. The maximum atomic E-state index is 14.4. The number of hydrogen-bond donors (Lipinski definition) is 1. The van der Waals surface area contributed by atoms with E-state index < -0.39 is 6.04 Å². The first kappa shape index (κ1) is 28.3. The first-order chi connectivity index (χ1) is 21.0. The van der Waals surface area contributed by atoms with Crippen molar-refractivity contribution < 1.29 is 14.3 Å². The number of fused-ring (bicyclic) bond motifs is 1. The highest BCUT2D eigenvalue weighted by Crippen LogP contribution is 2.48. The van der Waals surface area contributed by atoms with Crippen molar-refractivity contribution in [1.82, 2.24) is 0 Å². The van der Waals surface area contributed by atoms with Crippen LogP contribution in [0.1, 0.15) is 60.1 Å². The lowest BCUT2D eigenvalue weighted by Gasteiger charge is -2.35. The van der Waals surface area contributed by atoms with E-state index in [9.17, 15) is 9.59 Å². The lowest BCUT2D eigenvalue weighted by Crippen LogP contribution is -2.38. The molecule has 0 aromatic heterocycles. The second-order valence-corrected chi connectivity index (χ2v) is 11.0. The number of anilines is 3. The van der Waals surface area contributed by atoms with Crippen LogP contribution < -0.4 is 19.9 Å². The number of rotatable bonds is 7. The van der Waals surface area contributed by atoms with Gasteiger partial charge in [0.2, 0.25) is 0 Å². The van der Waals surface area contributed by atoms with E-state index in [1.807, 2.05) is 83.8 Å². The van der Waals surface area contributed by atoms with Gasteiger partial charge in [0, 0.05) is 42.0 Å². The fourth-order valence-corrected chi connectivity index (χ4v) is 6.42. The molecule has 1 aliphatic heterocycles. The predicted molar refractivity (Wildman–Crippen MR) is 173 cm³/mol. The smallest absolute Gasteiger partial charge is 0.259 e. The van der Waals surface area contributed by atoms with Gasteiger partial charge >= 0.3 is 0 Å². The van der Waals surface area contributed by atoms with Crippen LogP contribution in [0.15, 0.2) is 114 Å². The summed E-state index contributed by atoms with van der Waals surface area (Å²) < 4.78 is 5.36. The van der Waals surface area contributed by atoms with Crippen molar-refractivity contribution in [2.45, 2.75) is 38.6 Å². The Morgan fingerprint density at radius 3 is 2.16 bits per heavy atom. The highest BCUT2D eigenvalue weighted by Gasteiger charge is 2.42. The SMILES string of the molecule is CCN(CC)c1ccc(C2C3=C(CC(c4ccc(OC)cc4)CC3=O)Nc3ccccc3N2C(=O)c2ccccc2)cc1. The standard InChI is InChI=1S/C37H37N3O3/c1-4-39(5-2)29-19-15-26(16-20-29)36-35-32(23-28(24-34(35)41)25-17-21-30(43-3)22-18-25)38-31-13-9-10-14-33(31)40(36)37(42)27-11-7-6-8-12-27/h6-22,28,36,38H,4-5,23-24H2,1-3H3. The van der Waals surface area contributed by atoms with Gasteiger partial charge in [-0.25, -0.2) is 0 Å². The molecule has 2 unspecified atom stereocenters. The second-order valence-electron chi connectivity index (χ2n) is 11.0. The van der Waals surface area contributed by atoms with E-state index in [-0.39, 0.29) is 17.6 Å². The minimum atomic E-state index is -0.589. The van der Waals surface area contributed by atoms with Gasteiger partial charge in [0.25, 0.3) is 5.91 Å². The van der Waals surface area contributed by atoms with E-state index in [4.69, 9.17) is 4.74 Å². The number of nitrogens with zero attached hydrogens (tertiary/aromatic N) is 2. The summed E-state index contributed by atoms with van der Waals surface area (Å²) in [5.41, 5.74) is 6.77. The topological polar surface area (TPSA) is 61.9 Å². The van der Waals surface area contributed by atoms with Crippen molar-refractivity contribution in [2.75, 3.05) is 35.3 Å². The fraction of sp³-hybridized carbons (Fsp3) is 0.243. The molecule has 6 rings (SSSR count). The van der Waals surface area contributed by atoms with Crippen molar-refractivity contribution in [1.29, 1.82) is 0 Å². The minimum Gasteiger partial charge on any atom is -0.497 e. The Labute approximate surface area is 253 Å². The van der Waals surface area contributed by atoms with Gasteiger partial charge in [-0.2, -0.15) is 0 Å². The van der Waals surface area contributed by atoms with Crippen LogP contribution >= 0.6 is 0 Å². The van der Waals surface area contributed by atoms with E-state index in [1.54, 1.807) is 7.11 Å². The molecule has 2 aliphatic rings. The third kappa shape index (κ3) is 5.41. The van der Waals surface area contributed by atoms with Crippen LogP contribution in [0.2, 0.25) is 0 Å². The summed E-state index contributed by atoms with van der Waals surface area (Å²) in [5.74, 6) is 0.701. The van der Waals surface area contributed by atoms with E-state index in [2.05, 4.69) is 48.3 Å². The molecule has 4 aromatic carbocycles. The highest BCUT2D eigenvalue weighted by molar-refractivity contribution is 6.12. The molecule has 1 heterocycles. The summed E-state index contributed by atoms with van der Waals surface area (Å²) in [5, 5.41) is 3.63. The van der Waals surface area contributed by atoms with Crippen LogP contribution in [0.4, 0.5) is 17.1 Å². The van der Waals surface area contributed by atoms with E-state index in [0.29, 0.717) is 24.0 Å². The number of carbonyl (C=O) groups excluding carboxylic acids is 2. The molecule has 4 aromatic rings. The Morgan fingerprint density at radius 1 is 0.837 bits per heavy atom. The monoisotopic (exact) mass is 571 g/mol. The molecule has 0 saturated heterocycles. The number of allylic oxidation sites excluding steroid dienone is 1. The molecule has 0 bridgehead atoms. The van der Waals surface area contributed by atoms with Crippen molar-refractivity contribution in [3.63, 3.8) is 0 Å². The Bertz CT molecular complexity index is 1640. The number of hydrogen-bond acceptors (Lipinski definition) is 5. The zero-order valence-electron chi connectivity index (χ0n) is 24.9. The number of benzene rings is 4. The van der Waals surface area contributed by atoms with Crippen LogP contribution in [0.25, 0.3) is 0 Å². The number of para-hydroxylation sites is 2. The van der Waals surface area contributed by atoms with Gasteiger partial charge in [0.05, 0.1) is 24.5 Å². The molecule has 0 saturated carbocycles. The van der Waals surface area contributed by atoms with Crippen molar-refractivity contribution in [2.24, 2.45) is 0 Å². The fourth-order valence-electron chi connectivity index (χ4n) is 6.42.